The molecule has 1 saturated carbocycles. The van der Waals surface area contributed by atoms with Crippen molar-refractivity contribution >= 4 is 35.0 Å². The number of benzene rings is 2. The van der Waals surface area contributed by atoms with Crippen molar-refractivity contribution in [3.05, 3.63) is 64.9 Å². The van der Waals surface area contributed by atoms with Gasteiger partial charge in [0.05, 0.1) is 18.8 Å². The van der Waals surface area contributed by atoms with Gasteiger partial charge in [0.15, 0.2) is 5.69 Å². The van der Waals surface area contributed by atoms with Gasteiger partial charge < -0.3 is 24.2 Å². The molecule has 6 rings (SSSR count). The quantitative estimate of drug-likeness (QED) is 0.266. The van der Waals surface area contributed by atoms with Gasteiger partial charge in [0.2, 0.25) is 0 Å². The molecule has 0 bridgehead atoms. The maximum atomic E-state index is 14.2. The first kappa shape index (κ1) is 31.1. The van der Waals surface area contributed by atoms with Gasteiger partial charge in [0.25, 0.3) is 0 Å². The zero-order chi connectivity index (χ0) is 31.7. The lowest BCUT2D eigenvalue weighted by atomic mass is 9.99. The SMILES string of the molecule is CCOC(=O)c1cnn(C2CCCN(c3cc(Cl)ccc3-c3ccc(N4CCN(C(=O)OC5CC5)CC4)cc3)C2)c1C(F)(F)F. The van der Waals surface area contributed by atoms with Crippen molar-refractivity contribution in [2.75, 3.05) is 55.7 Å². The molecule has 0 N–H and O–H groups in total. The van der Waals surface area contributed by atoms with Crippen LogP contribution in [0.3, 0.4) is 0 Å². The number of piperidine rings is 1. The van der Waals surface area contributed by atoms with Crippen LogP contribution >= 0.6 is 11.6 Å². The van der Waals surface area contributed by atoms with Gasteiger partial charge in [-0.3, -0.25) is 4.68 Å². The number of piperazine rings is 1. The Kier molecular flexibility index (Phi) is 8.85. The van der Waals surface area contributed by atoms with E-state index in [2.05, 4.69) is 10.00 Å². The number of carbonyl (C=O) groups excluding carboxylic acids is 2. The first-order valence-corrected chi connectivity index (χ1v) is 15.7. The zero-order valence-electron chi connectivity index (χ0n) is 24.9. The molecular weight excluding hydrogens is 611 g/mol. The van der Waals surface area contributed by atoms with Gasteiger partial charge in [-0.15, -0.1) is 0 Å². The Bertz CT molecular complexity index is 1530. The third-order valence-corrected chi connectivity index (χ3v) is 8.71. The Morgan fingerprint density at radius 1 is 0.978 bits per heavy atom. The fraction of sp³-hybridized carbons (Fsp3) is 0.469. The number of rotatable bonds is 7. The van der Waals surface area contributed by atoms with Crippen molar-refractivity contribution in [2.45, 2.75) is 50.9 Å². The van der Waals surface area contributed by atoms with E-state index in [1.54, 1.807) is 17.9 Å². The number of carbonyl (C=O) groups is 2. The fourth-order valence-corrected chi connectivity index (χ4v) is 6.23. The van der Waals surface area contributed by atoms with E-state index in [0.29, 0.717) is 50.6 Å². The molecule has 45 heavy (non-hydrogen) atoms. The minimum atomic E-state index is -4.78. The number of anilines is 2. The summed E-state index contributed by atoms with van der Waals surface area (Å²) in [5, 5.41) is 4.55. The highest BCUT2D eigenvalue weighted by molar-refractivity contribution is 6.31. The normalized spacial score (nSPS) is 19.0. The molecule has 3 aromatic rings. The van der Waals surface area contributed by atoms with E-state index < -0.39 is 29.4 Å². The van der Waals surface area contributed by atoms with Gasteiger partial charge in [-0.05, 0) is 62.4 Å². The van der Waals surface area contributed by atoms with Gasteiger partial charge >= 0.3 is 18.2 Å². The molecular formula is C32H35ClF3N5O4. The monoisotopic (exact) mass is 645 g/mol. The van der Waals surface area contributed by atoms with Crippen molar-refractivity contribution in [1.82, 2.24) is 14.7 Å². The molecule has 13 heteroatoms. The van der Waals surface area contributed by atoms with Crippen LogP contribution in [0.5, 0.6) is 0 Å². The van der Waals surface area contributed by atoms with E-state index >= 15 is 0 Å². The minimum absolute atomic E-state index is 0.0372. The predicted molar refractivity (Wildman–Crippen MR) is 164 cm³/mol. The van der Waals surface area contributed by atoms with Gasteiger partial charge in [-0.2, -0.15) is 18.3 Å². The number of aromatic nitrogens is 2. The maximum Gasteiger partial charge on any atom is 0.433 e. The number of nitrogens with zero attached hydrogens (tertiary/aromatic N) is 5. The number of alkyl halides is 3. The van der Waals surface area contributed by atoms with E-state index in [1.165, 1.54) is 0 Å². The molecule has 1 unspecified atom stereocenters. The molecule has 2 aliphatic heterocycles. The van der Waals surface area contributed by atoms with Crippen molar-refractivity contribution < 1.29 is 32.2 Å². The lowest BCUT2D eigenvalue weighted by Crippen LogP contribution is -2.49. The Labute approximate surface area is 264 Å². The molecule has 240 valence electrons. The van der Waals surface area contributed by atoms with Crippen LogP contribution in [0.2, 0.25) is 5.02 Å². The summed E-state index contributed by atoms with van der Waals surface area (Å²) in [6.07, 6.45) is -0.975. The zero-order valence-corrected chi connectivity index (χ0v) is 25.7. The highest BCUT2D eigenvalue weighted by Crippen LogP contribution is 2.40. The summed E-state index contributed by atoms with van der Waals surface area (Å²) in [5.41, 5.74) is 2.04. The Morgan fingerprint density at radius 3 is 2.38 bits per heavy atom. The molecule has 2 aromatic carbocycles. The van der Waals surface area contributed by atoms with Crippen LogP contribution in [0.25, 0.3) is 11.1 Å². The van der Waals surface area contributed by atoms with Crippen LogP contribution < -0.4 is 9.80 Å². The second-order valence-electron chi connectivity index (χ2n) is 11.6. The van der Waals surface area contributed by atoms with E-state index in [1.807, 2.05) is 41.3 Å². The first-order chi connectivity index (χ1) is 21.6. The molecule has 3 fully saturated rings. The van der Waals surface area contributed by atoms with Crippen molar-refractivity contribution in [3.8, 4) is 11.1 Å². The van der Waals surface area contributed by atoms with Gasteiger partial charge in [-0.1, -0.05) is 29.8 Å². The average molecular weight is 646 g/mol. The Morgan fingerprint density at radius 2 is 1.71 bits per heavy atom. The number of hydrogen-bond acceptors (Lipinski definition) is 7. The summed E-state index contributed by atoms with van der Waals surface area (Å²) in [6.45, 7) is 4.98. The Hall–Kier alpha value is -3.93. The number of ether oxygens (including phenoxy) is 2. The smallest absolute Gasteiger partial charge is 0.433 e. The summed E-state index contributed by atoms with van der Waals surface area (Å²) in [7, 11) is 0. The third-order valence-electron chi connectivity index (χ3n) is 8.48. The van der Waals surface area contributed by atoms with E-state index in [0.717, 1.165) is 46.2 Å². The molecule has 1 atom stereocenters. The lowest BCUT2D eigenvalue weighted by Gasteiger charge is -2.36. The van der Waals surface area contributed by atoms with Gasteiger partial charge in [0, 0.05) is 61.2 Å². The van der Waals surface area contributed by atoms with Crippen LogP contribution in [0.4, 0.5) is 29.3 Å². The van der Waals surface area contributed by atoms with Crippen molar-refractivity contribution in [3.63, 3.8) is 0 Å². The summed E-state index contributed by atoms with van der Waals surface area (Å²) in [6, 6.07) is 13.1. The second-order valence-corrected chi connectivity index (χ2v) is 12.0. The first-order valence-electron chi connectivity index (χ1n) is 15.3. The highest BCUT2D eigenvalue weighted by Gasteiger charge is 2.42. The van der Waals surface area contributed by atoms with Crippen LogP contribution in [-0.2, 0) is 15.7 Å². The van der Waals surface area contributed by atoms with Crippen molar-refractivity contribution in [1.29, 1.82) is 0 Å². The lowest BCUT2D eigenvalue weighted by molar-refractivity contribution is -0.145. The second kappa shape index (κ2) is 12.8. The molecule has 1 aromatic heterocycles. The highest BCUT2D eigenvalue weighted by atomic mass is 35.5. The van der Waals surface area contributed by atoms with Gasteiger partial charge in [0.1, 0.15) is 11.7 Å². The maximum absolute atomic E-state index is 14.2. The summed E-state index contributed by atoms with van der Waals surface area (Å²) >= 11 is 6.43. The minimum Gasteiger partial charge on any atom is -0.462 e. The molecule has 3 aliphatic rings. The number of esters is 1. The number of hydrogen-bond donors (Lipinski definition) is 0. The fourth-order valence-electron chi connectivity index (χ4n) is 6.07. The van der Waals surface area contributed by atoms with Crippen LogP contribution in [0, 0.1) is 0 Å². The standard InChI is InChI=1S/C32H35ClF3N5O4/c1-2-44-30(42)27-19-37-41(29(27)32(34,35)36)24-4-3-13-40(20-24)28-18-22(33)7-12-26(28)21-5-8-23(9-6-21)38-14-16-39(17-15-38)31(43)45-25-10-11-25/h5-9,12,18-19,24-25H,2-4,10-11,13-17,20H2,1H3. The predicted octanol–water partition coefficient (Wildman–Crippen LogP) is 6.66. The Balaban J connectivity index is 1.19. The molecule has 3 heterocycles. The van der Waals surface area contributed by atoms with Crippen LogP contribution in [0.1, 0.15) is 54.7 Å². The van der Waals surface area contributed by atoms with Gasteiger partial charge in [-0.25, -0.2) is 9.59 Å². The molecule has 9 nitrogen and oxygen atoms in total. The average Bonchev–Trinajstić information content (AvgIpc) is 3.73. The third kappa shape index (κ3) is 6.85. The van der Waals surface area contributed by atoms with E-state index in [4.69, 9.17) is 21.1 Å². The van der Waals surface area contributed by atoms with E-state index in [9.17, 15) is 22.8 Å². The van der Waals surface area contributed by atoms with E-state index in [-0.39, 0.29) is 25.3 Å². The summed E-state index contributed by atoms with van der Waals surface area (Å²) in [5.74, 6) is -1.04. The molecule has 0 radical (unpaired) electrons. The summed E-state index contributed by atoms with van der Waals surface area (Å²) < 4.78 is 53.8. The summed E-state index contributed by atoms with van der Waals surface area (Å²) in [4.78, 5) is 30.6. The number of amides is 1. The molecule has 1 amide bonds. The topological polar surface area (TPSA) is 80.1 Å². The van der Waals surface area contributed by atoms with Crippen molar-refractivity contribution in [2.24, 2.45) is 0 Å². The molecule has 0 spiro atoms. The number of halogens is 4. The molecule has 2 saturated heterocycles. The van der Waals surface area contributed by atoms with Crippen LogP contribution in [-0.4, -0.2) is 78.7 Å². The van der Waals surface area contributed by atoms with Crippen LogP contribution in [0.15, 0.2) is 48.7 Å². The molecule has 1 aliphatic carbocycles. The largest absolute Gasteiger partial charge is 0.462 e.